The molecule has 2 aromatic rings. The van der Waals surface area contributed by atoms with Gasteiger partial charge >= 0.3 is 0 Å². The second-order valence-corrected chi connectivity index (χ2v) is 4.96. The monoisotopic (exact) mass is 309 g/mol. The summed E-state index contributed by atoms with van der Waals surface area (Å²) in [4.78, 5) is 11.1. The van der Waals surface area contributed by atoms with E-state index < -0.39 is 5.91 Å². The fourth-order valence-electron chi connectivity index (χ4n) is 1.57. The van der Waals surface area contributed by atoms with Crippen molar-refractivity contribution in [1.82, 2.24) is 0 Å². The number of hydrogen-bond acceptors (Lipinski definition) is 1. The van der Waals surface area contributed by atoms with Crippen molar-refractivity contribution in [1.29, 1.82) is 0 Å². The molecule has 0 heterocycles. The number of benzene rings is 2. The summed E-state index contributed by atoms with van der Waals surface area (Å²) < 4.78 is 0.893. The van der Waals surface area contributed by atoms with Crippen molar-refractivity contribution in [2.24, 2.45) is 5.73 Å². The van der Waals surface area contributed by atoms with Gasteiger partial charge in [-0.1, -0.05) is 39.7 Å². The summed E-state index contributed by atoms with van der Waals surface area (Å²) in [5.74, 6) is -0.437. The predicted octanol–water partition coefficient (Wildman–Crippen LogP) is 3.87. The van der Waals surface area contributed by atoms with Gasteiger partial charge in [0.15, 0.2) is 0 Å². The van der Waals surface area contributed by atoms with E-state index in [2.05, 4.69) is 15.9 Å². The van der Waals surface area contributed by atoms with E-state index >= 15 is 0 Å². The largest absolute Gasteiger partial charge is 0.366 e. The van der Waals surface area contributed by atoms with Gasteiger partial charge < -0.3 is 5.73 Å². The zero-order valence-electron chi connectivity index (χ0n) is 8.78. The minimum Gasteiger partial charge on any atom is -0.366 e. The van der Waals surface area contributed by atoms with Crippen LogP contribution in [0.1, 0.15) is 10.4 Å². The van der Waals surface area contributed by atoms with Crippen LogP contribution in [0.3, 0.4) is 0 Å². The Morgan fingerprint density at radius 3 is 2.53 bits per heavy atom. The highest BCUT2D eigenvalue weighted by Crippen LogP contribution is 2.27. The van der Waals surface area contributed by atoms with E-state index in [4.69, 9.17) is 17.3 Å². The van der Waals surface area contributed by atoms with Gasteiger partial charge in [-0.05, 0) is 41.5 Å². The number of amides is 1. The molecule has 0 saturated heterocycles. The average Bonchev–Trinajstić information content (AvgIpc) is 2.28. The zero-order valence-corrected chi connectivity index (χ0v) is 11.1. The van der Waals surface area contributed by atoms with E-state index in [-0.39, 0.29) is 0 Å². The summed E-state index contributed by atoms with van der Waals surface area (Å²) in [6, 6.07) is 12.7. The van der Waals surface area contributed by atoms with Gasteiger partial charge in [0.25, 0.3) is 0 Å². The Kier molecular flexibility index (Phi) is 3.50. The second kappa shape index (κ2) is 4.90. The van der Waals surface area contributed by atoms with Gasteiger partial charge in [-0.25, -0.2) is 0 Å². The molecule has 2 aromatic carbocycles. The highest BCUT2D eigenvalue weighted by molar-refractivity contribution is 9.10. The second-order valence-electron chi connectivity index (χ2n) is 3.60. The lowest BCUT2D eigenvalue weighted by atomic mass is 10.0. The van der Waals surface area contributed by atoms with E-state index in [1.807, 2.05) is 24.3 Å². The normalized spacial score (nSPS) is 10.2. The molecule has 0 aliphatic heterocycles. The first-order chi connectivity index (χ1) is 8.06. The molecule has 17 heavy (non-hydrogen) atoms. The van der Waals surface area contributed by atoms with Crippen molar-refractivity contribution in [3.63, 3.8) is 0 Å². The molecule has 0 aliphatic carbocycles. The minimum atomic E-state index is -0.437. The molecule has 0 aromatic heterocycles. The van der Waals surface area contributed by atoms with E-state index in [1.54, 1.807) is 18.2 Å². The maximum Gasteiger partial charge on any atom is 0.248 e. The van der Waals surface area contributed by atoms with E-state index in [1.165, 1.54) is 0 Å². The number of carbonyl (C=O) groups excluding carboxylic acids is 1. The number of nitrogens with two attached hydrogens (primary N) is 1. The number of carbonyl (C=O) groups is 1. The standard InChI is InChI=1S/C13H9BrClNO/c14-11-5-10(6-12(15)7-11)8-2-1-3-9(4-8)13(16)17/h1-7H,(H2,16,17). The average molecular weight is 311 g/mol. The van der Waals surface area contributed by atoms with Crippen LogP contribution in [-0.2, 0) is 0 Å². The number of primary amides is 1. The van der Waals surface area contributed by atoms with Gasteiger partial charge in [-0.15, -0.1) is 0 Å². The van der Waals surface area contributed by atoms with Crippen LogP contribution in [0.2, 0.25) is 5.02 Å². The van der Waals surface area contributed by atoms with E-state index in [0.717, 1.165) is 15.6 Å². The van der Waals surface area contributed by atoms with Crippen molar-refractivity contribution in [3.05, 3.63) is 57.5 Å². The van der Waals surface area contributed by atoms with Crippen molar-refractivity contribution in [2.45, 2.75) is 0 Å². The third-order valence-electron chi connectivity index (χ3n) is 2.34. The molecule has 4 heteroatoms. The SMILES string of the molecule is NC(=O)c1cccc(-c2cc(Cl)cc(Br)c2)c1. The maximum atomic E-state index is 11.1. The Morgan fingerprint density at radius 2 is 1.88 bits per heavy atom. The highest BCUT2D eigenvalue weighted by atomic mass is 79.9. The molecule has 2 rings (SSSR count). The van der Waals surface area contributed by atoms with Crippen LogP contribution >= 0.6 is 27.5 Å². The Balaban J connectivity index is 2.52. The number of hydrogen-bond donors (Lipinski definition) is 1. The third kappa shape index (κ3) is 2.87. The molecule has 0 fully saturated rings. The van der Waals surface area contributed by atoms with Crippen LogP contribution in [0.25, 0.3) is 11.1 Å². The van der Waals surface area contributed by atoms with Crippen LogP contribution in [0.5, 0.6) is 0 Å². The molecule has 0 unspecified atom stereocenters. The van der Waals surface area contributed by atoms with Crippen LogP contribution < -0.4 is 5.73 Å². The highest BCUT2D eigenvalue weighted by Gasteiger charge is 2.04. The Morgan fingerprint density at radius 1 is 1.12 bits per heavy atom. The van der Waals surface area contributed by atoms with E-state index in [0.29, 0.717) is 10.6 Å². The van der Waals surface area contributed by atoms with Gasteiger partial charge in [0.05, 0.1) is 0 Å². The molecular formula is C13H9BrClNO. The predicted molar refractivity (Wildman–Crippen MR) is 73.1 cm³/mol. The molecule has 1 amide bonds. The summed E-state index contributed by atoms with van der Waals surface area (Å²) in [5, 5.41) is 0.638. The van der Waals surface area contributed by atoms with Crippen molar-refractivity contribution >= 4 is 33.4 Å². The molecule has 0 saturated carbocycles. The van der Waals surface area contributed by atoms with Gasteiger partial charge in [-0.3, -0.25) is 4.79 Å². The van der Waals surface area contributed by atoms with Crippen LogP contribution in [0.4, 0.5) is 0 Å². The summed E-state index contributed by atoms with van der Waals surface area (Å²) in [6.45, 7) is 0. The van der Waals surface area contributed by atoms with Crippen LogP contribution in [-0.4, -0.2) is 5.91 Å². The Labute approximate surface area is 113 Å². The van der Waals surface area contributed by atoms with Gasteiger partial charge in [0.1, 0.15) is 0 Å². The summed E-state index contributed by atoms with van der Waals surface area (Å²) >= 11 is 9.36. The van der Waals surface area contributed by atoms with Crippen molar-refractivity contribution in [3.8, 4) is 11.1 Å². The summed E-state index contributed by atoms with van der Waals surface area (Å²) in [6.07, 6.45) is 0. The Hall–Kier alpha value is -1.32. The summed E-state index contributed by atoms with van der Waals surface area (Å²) in [7, 11) is 0. The fourth-order valence-corrected chi connectivity index (χ4v) is 2.43. The van der Waals surface area contributed by atoms with Crippen LogP contribution in [0, 0.1) is 0 Å². The first-order valence-corrected chi connectivity index (χ1v) is 6.10. The molecule has 2 nitrogen and oxygen atoms in total. The third-order valence-corrected chi connectivity index (χ3v) is 3.02. The van der Waals surface area contributed by atoms with E-state index in [9.17, 15) is 4.79 Å². The molecule has 0 spiro atoms. The topological polar surface area (TPSA) is 43.1 Å². The fraction of sp³-hybridized carbons (Fsp3) is 0. The molecule has 0 bridgehead atoms. The van der Waals surface area contributed by atoms with Crippen molar-refractivity contribution < 1.29 is 4.79 Å². The smallest absolute Gasteiger partial charge is 0.248 e. The maximum absolute atomic E-state index is 11.1. The van der Waals surface area contributed by atoms with Gasteiger partial charge in [0.2, 0.25) is 5.91 Å². The Bertz CT molecular complexity index is 563. The lowest BCUT2D eigenvalue weighted by molar-refractivity contribution is 0.100. The molecule has 0 radical (unpaired) electrons. The first kappa shape index (κ1) is 12.1. The van der Waals surface area contributed by atoms with Gasteiger partial charge in [-0.2, -0.15) is 0 Å². The van der Waals surface area contributed by atoms with Crippen LogP contribution in [0.15, 0.2) is 46.9 Å². The molecule has 86 valence electrons. The molecular weight excluding hydrogens is 302 g/mol. The molecule has 0 aliphatic rings. The quantitative estimate of drug-likeness (QED) is 0.899. The lowest BCUT2D eigenvalue weighted by Crippen LogP contribution is -2.10. The molecule has 0 atom stereocenters. The minimum absolute atomic E-state index is 0.437. The lowest BCUT2D eigenvalue weighted by Gasteiger charge is -2.05. The van der Waals surface area contributed by atoms with Gasteiger partial charge in [0, 0.05) is 15.1 Å². The first-order valence-electron chi connectivity index (χ1n) is 4.92. The number of rotatable bonds is 2. The zero-order chi connectivity index (χ0) is 12.4. The summed E-state index contributed by atoms with van der Waals surface area (Å²) in [5.41, 5.74) is 7.58. The number of halogens is 2. The molecule has 2 N–H and O–H groups in total. The van der Waals surface area contributed by atoms with Crippen molar-refractivity contribution in [2.75, 3.05) is 0 Å².